The molecular weight excluding hydrogens is 360 g/mol. The molecule has 0 bridgehead atoms. The van der Waals surface area contributed by atoms with Crippen LogP contribution in [0, 0.1) is 5.92 Å². The van der Waals surface area contributed by atoms with E-state index in [0.29, 0.717) is 30.5 Å². The Morgan fingerprint density at radius 2 is 1.82 bits per heavy atom. The number of aliphatic carboxylic acids is 1. The number of fused-ring (bicyclic) bond motifs is 1. The van der Waals surface area contributed by atoms with Gasteiger partial charge >= 0.3 is 5.97 Å². The molecule has 2 aromatic rings. The third-order valence-electron chi connectivity index (χ3n) is 5.15. The Labute approximate surface area is 161 Å². The summed E-state index contributed by atoms with van der Waals surface area (Å²) < 4.78 is 5.68. The highest BCUT2D eigenvalue weighted by atomic mass is 16.5. The Morgan fingerprint density at radius 3 is 2.57 bits per heavy atom. The van der Waals surface area contributed by atoms with E-state index in [1.807, 2.05) is 24.3 Å². The molecule has 2 amide bonds. The van der Waals surface area contributed by atoms with E-state index in [1.165, 1.54) is 0 Å². The molecule has 1 aliphatic heterocycles. The summed E-state index contributed by atoms with van der Waals surface area (Å²) in [4.78, 5) is 35.7. The monoisotopic (exact) mass is 380 g/mol. The number of benzene rings is 2. The molecule has 1 fully saturated rings. The smallest absolute Gasteiger partial charge is 0.306 e. The molecule has 0 aromatic heterocycles. The third-order valence-corrected chi connectivity index (χ3v) is 5.15. The Balaban J connectivity index is 1.34. The van der Waals surface area contributed by atoms with Crippen LogP contribution in [0.1, 0.15) is 28.8 Å². The molecule has 3 N–H and O–H groups in total. The fraction of sp³-hybridized carbons (Fsp3) is 0.286. The van der Waals surface area contributed by atoms with Crippen molar-refractivity contribution in [2.45, 2.75) is 31.4 Å². The lowest BCUT2D eigenvalue weighted by molar-refractivity contribution is -0.145. The quantitative estimate of drug-likeness (QED) is 0.738. The van der Waals surface area contributed by atoms with Gasteiger partial charge in [-0.05, 0) is 42.7 Å². The second-order valence-corrected chi connectivity index (χ2v) is 7.17. The number of hydrogen-bond donors (Lipinski definition) is 3. The number of carbonyl (C=O) groups excluding carboxylic acids is 2. The van der Waals surface area contributed by atoms with Gasteiger partial charge in [0.05, 0.1) is 5.92 Å². The van der Waals surface area contributed by atoms with Gasteiger partial charge in [0.1, 0.15) is 5.75 Å². The van der Waals surface area contributed by atoms with Crippen LogP contribution in [0.4, 0.5) is 5.69 Å². The molecule has 7 nitrogen and oxygen atoms in total. The standard InChI is InChI=1S/C21H20N2O5/c24-19(23-16-9-14(10-16)21(26)27)13-5-3-6-15(8-13)22-20(25)18-11-12-4-1-2-7-17(12)28-18/h1-8,14,16,18H,9-11H2,(H,22,25)(H,23,24)(H,26,27). The number of rotatable bonds is 5. The van der Waals surface area contributed by atoms with E-state index < -0.39 is 12.1 Å². The summed E-state index contributed by atoms with van der Waals surface area (Å²) >= 11 is 0. The van der Waals surface area contributed by atoms with Crippen molar-refractivity contribution in [2.24, 2.45) is 5.92 Å². The molecule has 28 heavy (non-hydrogen) atoms. The fourth-order valence-corrected chi connectivity index (χ4v) is 3.50. The van der Waals surface area contributed by atoms with Crippen LogP contribution in [0.5, 0.6) is 5.75 Å². The van der Waals surface area contributed by atoms with Gasteiger partial charge in [-0.3, -0.25) is 14.4 Å². The minimum atomic E-state index is -0.827. The topological polar surface area (TPSA) is 105 Å². The van der Waals surface area contributed by atoms with Gasteiger partial charge in [-0.1, -0.05) is 24.3 Å². The minimum Gasteiger partial charge on any atom is -0.481 e. The van der Waals surface area contributed by atoms with Gasteiger partial charge in [-0.15, -0.1) is 0 Å². The van der Waals surface area contributed by atoms with Crippen LogP contribution >= 0.6 is 0 Å². The van der Waals surface area contributed by atoms with Crippen molar-refractivity contribution in [1.82, 2.24) is 5.32 Å². The fourth-order valence-electron chi connectivity index (χ4n) is 3.50. The highest BCUT2D eigenvalue weighted by Gasteiger charge is 2.35. The van der Waals surface area contributed by atoms with Gasteiger partial charge in [0, 0.05) is 23.7 Å². The van der Waals surface area contributed by atoms with Crippen molar-refractivity contribution in [2.75, 3.05) is 5.32 Å². The van der Waals surface area contributed by atoms with E-state index in [4.69, 9.17) is 9.84 Å². The van der Waals surface area contributed by atoms with Crippen LogP contribution in [-0.4, -0.2) is 35.0 Å². The van der Waals surface area contributed by atoms with Crippen LogP contribution in [-0.2, 0) is 16.0 Å². The lowest BCUT2D eigenvalue weighted by Crippen LogP contribution is -2.46. The Hall–Kier alpha value is -3.35. The largest absolute Gasteiger partial charge is 0.481 e. The second-order valence-electron chi connectivity index (χ2n) is 7.17. The number of ether oxygens (including phenoxy) is 1. The number of carboxylic acids is 1. The Kier molecular flexibility index (Phi) is 4.73. The predicted molar refractivity (Wildman–Crippen MR) is 101 cm³/mol. The van der Waals surface area contributed by atoms with E-state index in [-0.39, 0.29) is 23.8 Å². The van der Waals surface area contributed by atoms with Gasteiger partial charge in [-0.25, -0.2) is 0 Å². The molecule has 1 unspecified atom stereocenters. The molecule has 1 heterocycles. The van der Waals surface area contributed by atoms with E-state index in [9.17, 15) is 14.4 Å². The molecule has 0 radical (unpaired) electrons. The summed E-state index contributed by atoms with van der Waals surface area (Å²) in [6, 6.07) is 14.1. The molecule has 4 rings (SSSR count). The first-order valence-corrected chi connectivity index (χ1v) is 9.19. The average molecular weight is 380 g/mol. The van der Waals surface area contributed by atoms with Crippen molar-refractivity contribution in [3.05, 3.63) is 59.7 Å². The van der Waals surface area contributed by atoms with Crippen molar-refractivity contribution in [1.29, 1.82) is 0 Å². The number of amides is 2. The maximum atomic E-state index is 12.5. The van der Waals surface area contributed by atoms with Crippen LogP contribution < -0.4 is 15.4 Å². The summed E-state index contributed by atoms with van der Waals surface area (Å²) in [5.41, 5.74) is 1.91. The zero-order valence-corrected chi connectivity index (χ0v) is 15.1. The van der Waals surface area contributed by atoms with Gasteiger partial charge in [0.25, 0.3) is 11.8 Å². The highest BCUT2D eigenvalue weighted by Crippen LogP contribution is 2.29. The van der Waals surface area contributed by atoms with Gasteiger partial charge < -0.3 is 20.5 Å². The number of hydrogen-bond acceptors (Lipinski definition) is 4. The van der Waals surface area contributed by atoms with Crippen LogP contribution in [0.15, 0.2) is 48.5 Å². The third kappa shape index (κ3) is 3.69. The number of carboxylic acid groups (broad SMARTS) is 1. The van der Waals surface area contributed by atoms with Gasteiger partial charge in [0.2, 0.25) is 0 Å². The van der Waals surface area contributed by atoms with Crippen LogP contribution in [0.3, 0.4) is 0 Å². The number of carbonyl (C=O) groups is 3. The van der Waals surface area contributed by atoms with Crippen molar-refractivity contribution in [3.8, 4) is 5.75 Å². The highest BCUT2D eigenvalue weighted by molar-refractivity contribution is 5.98. The second kappa shape index (κ2) is 7.34. The first kappa shape index (κ1) is 18.0. The molecule has 1 atom stereocenters. The van der Waals surface area contributed by atoms with E-state index in [2.05, 4.69) is 10.6 Å². The molecule has 7 heteroatoms. The summed E-state index contributed by atoms with van der Waals surface area (Å²) in [6.07, 6.45) is 0.792. The first-order chi connectivity index (χ1) is 13.5. The Bertz CT molecular complexity index is 911. The zero-order chi connectivity index (χ0) is 19.7. The van der Waals surface area contributed by atoms with Crippen LogP contribution in [0.2, 0.25) is 0 Å². The van der Waals surface area contributed by atoms with E-state index in [0.717, 1.165) is 11.3 Å². The number of anilines is 1. The van der Waals surface area contributed by atoms with Crippen molar-refractivity contribution >= 4 is 23.5 Å². The lowest BCUT2D eigenvalue weighted by atomic mass is 9.80. The minimum absolute atomic E-state index is 0.128. The predicted octanol–water partition coefficient (Wildman–Crippen LogP) is 2.22. The normalized spacial score (nSPS) is 22.4. The summed E-state index contributed by atoms with van der Waals surface area (Å²) in [5, 5.41) is 14.5. The summed E-state index contributed by atoms with van der Waals surface area (Å²) in [5.74, 6) is -1.04. The van der Waals surface area contributed by atoms with E-state index >= 15 is 0 Å². The maximum absolute atomic E-state index is 12.5. The molecule has 144 valence electrons. The zero-order valence-electron chi connectivity index (χ0n) is 15.1. The molecular formula is C21H20N2O5. The molecule has 1 aliphatic carbocycles. The average Bonchev–Trinajstić information content (AvgIpc) is 3.08. The lowest BCUT2D eigenvalue weighted by Gasteiger charge is -2.32. The van der Waals surface area contributed by atoms with Gasteiger partial charge in [-0.2, -0.15) is 0 Å². The van der Waals surface area contributed by atoms with Crippen molar-refractivity contribution in [3.63, 3.8) is 0 Å². The SMILES string of the molecule is O=C(NC1CC(C(=O)O)C1)c1cccc(NC(=O)C2Cc3ccccc3O2)c1. The summed E-state index contributed by atoms with van der Waals surface area (Å²) in [6.45, 7) is 0. The number of nitrogens with one attached hydrogen (secondary N) is 2. The number of para-hydroxylation sites is 1. The van der Waals surface area contributed by atoms with Gasteiger partial charge in [0.15, 0.2) is 6.10 Å². The maximum Gasteiger partial charge on any atom is 0.306 e. The van der Waals surface area contributed by atoms with Crippen molar-refractivity contribution < 1.29 is 24.2 Å². The molecule has 0 spiro atoms. The molecule has 2 aromatic carbocycles. The first-order valence-electron chi connectivity index (χ1n) is 9.19. The molecule has 0 saturated heterocycles. The Morgan fingerprint density at radius 1 is 1.04 bits per heavy atom. The molecule has 1 saturated carbocycles. The van der Waals surface area contributed by atoms with E-state index in [1.54, 1.807) is 24.3 Å². The molecule has 2 aliphatic rings. The summed E-state index contributed by atoms with van der Waals surface area (Å²) in [7, 11) is 0. The van der Waals surface area contributed by atoms with Crippen LogP contribution in [0.25, 0.3) is 0 Å².